The molecule has 1 fully saturated rings. The molecule has 1 saturated heterocycles. The number of hydrogen-bond donors (Lipinski definition) is 3. The van der Waals surface area contributed by atoms with Crippen molar-refractivity contribution in [3.8, 4) is 0 Å². The van der Waals surface area contributed by atoms with Crippen LogP contribution in [0.2, 0.25) is 0 Å². The third kappa shape index (κ3) is 10.4. The Kier molecular flexibility index (Phi) is 11.8. The number of rotatable bonds is 10. The van der Waals surface area contributed by atoms with E-state index in [9.17, 15) is 4.79 Å². The van der Waals surface area contributed by atoms with Crippen LogP contribution in [-0.2, 0) is 9.47 Å². The van der Waals surface area contributed by atoms with Crippen LogP contribution < -0.4 is 16.0 Å². The molecule has 2 unspecified atom stereocenters. The SMILES string of the molecule is CCNC(=NCC(C)N1CCOCC1)NCC(CC(C)C)NC(=O)OCC. The van der Waals surface area contributed by atoms with Crippen LogP contribution in [0.25, 0.3) is 0 Å². The first-order valence-electron chi connectivity index (χ1n) is 10.2. The van der Waals surface area contributed by atoms with E-state index in [1.807, 2.05) is 6.92 Å². The number of nitrogens with zero attached hydrogens (tertiary/aromatic N) is 2. The molecule has 27 heavy (non-hydrogen) atoms. The van der Waals surface area contributed by atoms with E-state index in [0.29, 0.717) is 25.1 Å². The highest BCUT2D eigenvalue weighted by Gasteiger charge is 2.18. The number of guanidine groups is 1. The molecular formula is C19H39N5O3. The van der Waals surface area contributed by atoms with E-state index >= 15 is 0 Å². The van der Waals surface area contributed by atoms with Gasteiger partial charge in [-0.1, -0.05) is 13.8 Å². The third-order valence-electron chi connectivity index (χ3n) is 4.40. The van der Waals surface area contributed by atoms with Crippen molar-refractivity contribution in [1.29, 1.82) is 0 Å². The average Bonchev–Trinajstić information content (AvgIpc) is 2.64. The molecule has 3 N–H and O–H groups in total. The highest BCUT2D eigenvalue weighted by atomic mass is 16.5. The Labute approximate surface area is 164 Å². The molecule has 0 saturated carbocycles. The Morgan fingerprint density at radius 1 is 1.19 bits per heavy atom. The van der Waals surface area contributed by atoms with Crippen molar-refractivity contribution in [1.82, 2.24) is 20.9 Å². The largest absolute Gasteiger partial charge is 0.450 e. The maximum atomic E-state index is 11.8. The minimum absolute atomic E-state index is 0.00965. The quantitative estimate of drug-likeness (QED) is 0.389. The fourth-order valence-electron chi connectivity index (χ4n) is 3.02. The summed E-state index contributed by atoms with van der Waals surface area (Å²) in [5, 5.41) is 9.57. The second-order valence-electron chi connectivity index (χ2n) is 7.29. The number of ether oxygens (including phenoxy) is 2. The molecular weight excluding hydrogens is 346 g/mol. The highest BCUT2D eigenvalue weighted by molar-refractivity contribution is 5.79. The highest BCUT2D eigenvalue weighted by Crippen LogP contribution is 2.05. The predicted molar refractivity (Wildman–Crippen MR) is 109 cm³/mol. The van der Waals surface area contributed by atoms with Crippen LogP contribution in [0, 0.1) is 5.92 Å². The summed E-state index contributed by atoms with van der Waals surface area (Å²) in [6.07, 6.45) is 0.503. The van der Waals surface area contributed by atoms with E-state index in [0.717, 1.165) is 51.8 Å². The molecule has 1 amide bonds. The molecule has 1 aliphatic rings. The lowest BCUT2D eigenvalue weighted by atomic mass is 10.0. The van der Waals surface area contributed by atoms with Crippen LogP contribution in [0.4, 0.5) is 4.79 Å². The van der Waals surface area contributed by atoms with Gasteiger partial charge in [0.05, 0.1) is 26.4 Å². The second-order valence-corrected chi connectivity index (χ2v) is 7.29. The fourth-order valence-corrected chi connectivity index (χ4v) is 3.02. The zero-order valence-corrected chi connectivity index (χ0v) is 17.7. The number of nitrogens with one attached hydrogen (secondary N) is 3. The van der Waals surface area contributed by atoms with Crippen molar-refractivity contribution in [2.45, 2.75) is 53.1 Å². The van der Waals surface area contributed by atoms with Gasteiger partial charge in [0.1, 0.15) is 0 Å². The third-order valence-corrected chi connectivity index (χ3v) is 4.40. The molecule has 1 aliphatic heterocycles. The summed E-state index contributed by atoms with van der Waals surface area (Å²) >= 11 is 0. The topological polar surface area (TPSA) is 87.2 Å². The summed E-state index contributed by atoms with van der Waals surface area (Å²) < 4.78 is 10.4. The van der Waals surface area contributed by atoms with Gasteiger partial charge < -0.3 is 25.4 Å². The number of amides is 1. The van der Waals surface area contributed by atoms with Gasteiger partial charge in [0.25, 0.3) is 0 Å². The van der Waals surface area contributed by atoms with Gasteiger partial charge >= 0.3 is 6.09 Å². The number of carbonyl (C=O) groups excluding carboxylic acids is 1. The second kappa shape index (κ2) is 13.6. The molecule has 8 nitrogen and oxygen atoms in total. The number of morpholine rings is 1. The first kappa shape index (κ1) is 23.5. The minimum atomic E-state index is -0.368. The van der Waals surface area contributed by atoms with E-state index in [2.05, 4.69) is 41.6 Å². The molecule has 0 aromatic heterocycles. The predicted octanol–water partition coefficient (Wildman–Crippen LogP) is 1.42. The van der Waals surface area contributed by atoms with Crippen molar-refractivity contribution in [2.24, 2.45) is 10.9 Å². The maximum absolute atomic E-state index is 11.8. The summed E-state index contributed by atoms with van der Waals surface area (Å²) in [6, 6.07) is 0.359. The summed E-state index contributed by atoms with van der Waals surface area (Å²) in [7, 11) is 0. The zero-order chi connectivity index (χ0) is 20.1. The van der Waals surface area contributed by atoms with E-state index < -0.39 is 0 Å². The lowest BCUT2D eigenvalue weighted by molar-refractivity contribution is 0.0220. The Balaban J connectivity index is 2.56. The smallest absolute Gasteiger partial charge is 0.407 e. The van der Waals surface area contributed by atoms with Gasteiger partial charge in [-0.25, -0.2) is 4.79 Å². The zero-order valence-electron chi connectivity index (χ0n) is 17.7. The van der Waals surface area contributed by atoms with Crippen molar-refractivity contribution in [2.75, 3.05) is 52.5 Å². The molecule has 0 aliphatic carbocycles. The lowest BCUT2D eigenvalue weighted by Gasteiger charge is -2.31. The Bertz CT molecular complexity index is 439. The summed E-state index contributed by atoms with van der Waals surface area (Å²) in [5.74, 6) is 1.25. The van der Waals surface area contributed by atoms with E-state index in [4.69, 9.17) is 14.5 Å². The van der Waals surface area contributed by atoms with Crippen LogP contribution >= 0.6 is 0 Å². The summed E-state index contributed by atoms with van der Waals surface area (Å²) in [5.41, 5.74) is 0. The van der Waals surface area contributed by atoms with E-state index in [1.165, 1.54) is 0 Å². The molecule has 1 heterocycles. The molecule has 0 aromatic carbocycles. The molecule has 1 rings (SSSR count). The van der Waals surface area contributed by atoms with Crippen molar-refractivity contribution >= 4 is 12.1 Å². The van der Waals surface area contributed by atoms with Gasteiger partial charge in [-0.3, -0.25) is 9.89 Å². The van der Waals surface area contributed by atoms with Crippen LogP contribution in [0.3, 0.4) is 0 Å². The summed E-state index contributed by atoms with van der Waals surface area (Å²) in [4.78, 5) is 18.9. The number of alkyl carbamates (subject to hydrolysis) is 1. The van der Waals surface area contributed by atoms with Crippen molar-refractivity contribution in [3.63, 3.8) is 0 Å². The van der Waals surface area contributed by atoms with Gasteiger partial charge in [-0.2, -0.15) is 0 Å². The summed E-state index contributed by atoms with van der Waals surface area (Å²) in [6.45, 7) is 16.3. The Morgan fingerprint density at radius 2 is 1.89 bits per heavy atom. The fraction of sp³-hybridized carbons (Fsp3) is 0.895. The lowest BCUT2D eigenvalue weighted by Crippen LogP contribution is -2.48. The average molecular weight is 386 g/mol. The van der Waals surface area contributed by atoms with Gasteiger partial charge in [-0.15, -0.1) is 0 Å². The monoisotopic (exact) mass is 385 g/mol. The number of hydrogen-bond acceptors (Lipinski definition) is 5. The van der Waals surface area contributed by atoms with E-state index in [-0.39, 0.29) is 12.1 Å². The van der Waals surface area contributed by atoms with Crippen LogP contribution in [0.5, 0.6) is 0 Å². The van der Waals surface area contributed by atoms with Crippen LogP contribution in [0.15, 0.2) is 4.99 Å². The maximum Gasteiger partial charge on any atom is 0.407 e. The Hall–Kier alpha value is -1.54. The van der Waals surface area contributed by atoms with Gasteiger partial charge in [0, 0.05) is 38.3 Å². The number of carbonyl (C=O) groups is 1. The molecule has 0 bridgehead atoms. The van der Waals surface area contributed by atoms with Gasteiger partial charge in [-0.05, 0) is 33.1 Å². The number of aliphatic imine (C=N–C) groups is 1. The molecule has 0 spiro atoms. The first-order chi connectivity index (χ1) is 13.0. The van der Waals surface area contributed by atoms with Crippen molar-refractivity contribution in [3.05, 3.63) is 0 Å². The van der Waals surface area contributed by atoms with Gasteiger partial charge in [0.2, 0.25) is 0 Å². The molecule has 158 valence electrons. The molecule has 8 heteroatoms. The van der Waals surface area contributed by atoms with Crippen molar-refractivity contribution < 1.29 is 14.3 Å². The normalized spacial score (nSPS) is 18.1. The van der Waals surface area contributed by atoms with E-state index in [1.54, 1.807) is 6.92 Å². The Morgan fingerprint density at radius 3 is 2.48 bits per heavy atom. The van der Waals surface area contributed by atoms with Crippen LogP contribution in [0.1, 0.15) is 41.0 Å². The molecule has 0 aromatic rings. The molecule has 0 radical (unpaired) electrons. The van der Waals surface area contributed by atoms with Crippen LogP contribution in [-0.4, -0.2) is 81.6 Å². The molecule has 2 atom stereocenters. The van der Waals surface area contributed by atoms with Gasteiger partial charge in [0.15, 0.2) is 5.96 Å². The first-order valence-corrected chi connectivity index (χ1v) is 10.2. The standard InChI is InChI=1S/C19H39N5O3/c1-6-20-18(21-13-16(5)24-8-10-26-11-9-24)22-14-17(12-15(3)4)23-19(25)27-7-2/h15-17H,6-14H2,1-5H3,(H,23,25)(H2,20,21,22). The minimum Gasteiger partial charge on any atom is -0.450 e.